The molecule has 0 N–H and O–H groups in total. The molecule has 1 aliphatic rings. The predicted molar refractivity (Wildman–Crippen MR) is 69.6 cm³/mol. The molecule has 1 aromatic carbocycles. The van der Waals surface area contributed by atoms with Crippen molar-refractivity contribution >= 4 is 0 Å². The molecular formula is C12H12N8O. The molecule has 106 valence electrons. The lowest BCUT2D eigenvalue weighted by Crippen LogP contribution is -2.07. The van der Waals surface area contributed by atoms with Crippen LogP contribution in [0.5, 0.6) is 5.75 Å². The second-order valence-corrected chi connectivity index (χ2v) is 4.81. The van der Waals surface area contributed by atoms with Crippen LogP contribution < -0.4 is 4.74 Å². The molecule has 0 amide bonds. The fourth-order valence-corrected chi connectivity index (χ4v) is 2.03. The quantitative estimate of drug-likeness (QED) is 0.675. The van der Waals surface area contributed by atoms with E-state index in [1.807, 2.05) is 28.9 Å². The van der Waals surface area contributed by atoms with Crippen molar-refractivity contribution in [2.45, 2.75) is 25.5 Å². The van der Waals surface area contributed by atoms with Crippen molar-refractivity contribution in [3.63, 3.8) is 0 Å². The third-order valence-corrected chi connectivity index (χ3v) is 3.27. The van der Waals surface area contributed by atoms with Gasteiger partial charge in [-0.2, -0.15) is 0 Å². The molecule has 0 radical (unpaired) electrons. The molecule has 0 aliphatic heterocycles. The lowest BCUT2D eigenvalue weighted by Gasteiger charge is -2.07. The van der Waals surface area contributed by atoms with E-state index in [0.717, 1.165) is 30.1 Å². The van der Waals surface area contributed by atoms with Crippen LogP contribution in [-0.4, -0.2) is 40.4 Å². The first-order chi connectivity index (χ1) is 10.4. The van der Waals surface area contributed by atoms with Gasteiger partial charge < -0.3 is 4.74 Å². The Morgan fingerprint density at radius 2 is 1.95 bits per heavy atom. The van der Waals surface area contributed by atoms with Crippen molar-refractivity contribution < 1.29 is 4.74 Å². The molecule has 9 heteroatoms. The molecule has 1 aliphatic carbocycles. The first-order valence-electron chi connectivity index (χ1n) is 6.63. The van der Waals surface area contributed by atoms with Crippen LogP contribution in [0.3, 0.4) is 0 Å². The average molecular weight is 284 g/mol. The minimum Gasteiger partial charge on any atom is -0.486 e. The summed E-state index contributed by atoms with van der Waals surface area (Å²) in [6.45, 7) is 0.355. The van der Waals surface area contributed by atoms with Crippen LogP contribution >= 0.6 is 0 Å². The van der Waals surface area contributed by atoms with Crippen LogP contribution in [-0.2, 0) is 6.61 Å². The first-order valence-corrected chi connectivity index (χ1v) is 6.63. The molecule has 3 aromatic rings. The van der Waals surface area contributed by atoms with Crippen molar-refractivity contribution in [1.82, 2.24) is 40.4 Å². The van der Waals surface area contributed by atoms with E-state index in [9.17, 15) is 0 Å². The highest BCUT2D eigenvalue weighted by Crippen LogP contribution is 2.34. The maximum atomic E-state index is 5.72. The van der Waals surface area contributed by atoms with Crippen molar-refractivity contribution in [3.8, 4) is 11.4 Å². The number of rotatable bonds is 5. The van der Waals surface area contributed by atoms with E-state index in [2.05, 4.69) is 31.1 Å². The summed E-state index contributed by atoms with van der Waals surface area (Å²) in [7, 11) is 0. The van der Waals surface area contributed by atoms with Crippen LogP contribution in [0.15, 0.2) is 30.6 Å². The predicted octanol–water partition coefficient (Wildman–Crippen LogP) is 0.563. The molecule has 0 spiro atoms. The number of benzene rings is 1. The smallest absolute Gasteiger partial charge is 0.189 e. The molecule has 21 heavy (non-hydrogen) atoms. The third-order valence-electron chi connectivity index (χ3n) is 3.27. The molecule has 1 fully saturated rings. The highest BCUT2D eigenvalue weighted by atomic mass is 16.5. The van der Waals surface area contributed by atoms with Crippen molar-refractivity contribution in [2.24, 2.45) is 0 Å². The van der Waals surface area contributed by atoms with Gasteiger partial charge in [-0.1, -0.05) is 0 Å². The number of hydrogen-bond donors (Lipinski definition) is 0. The molecule has 0 saturated heterocycles. The van der Waals surface area contributed by atoms with Gasteiger partial charge in [0.25, 0.3) is 0 Å². The molecule has 9 nitrogen and oxygen atoms in total. The van der Waals surface area contributed by atoms with E-state index in [1.165, 1.54) is 0 Å². The molecule has 1 saturated carbocycles. The zero-order valence-electron chi connectivity index (χ0n) is 11.1. The van der Waals surface area contributed by atoms with Gasteiger partial charge in [0.2, 0.25) is 0 Å². The van der Waals surface area contributed by atoms with Crippen LogP contribution in [0.2, 0.25) is 0 Å². The minimum atomic E-state index is 0.355. The molecule has 2 aromatic heterocycles. The summed E-state index contributed by atoms with van der Waals surface area (Å²) in [5, 5.41) is 22.7. The summed E-state index contributed by atoms with van der Waals surface area (Å²) in [4.78, 5) is 0. The second kappa shape index (κ2) is 4.93. The highest BCUT2D eigenvalue weighted by molar-refractivity contribution is 5.36. The Labute approximate surface area is 119 Å². The monoisotopic (exact) mass is 284 g/mol. The van der Waals surface area contributed by atoms with Crippen molar-refractivity contribution in [2.75, 3.05) is 0 Å². The van der Waals surface area contributed by atoms with E-state index in [4.69, 9.17) is 4.74 Å². The van der Waals surface area contributed by atoms with Gasteiger partial charge in [-0.15, -0.1) is 10.2 Å². The summed E-state index contributed by atoms with van der Waals surface area (Å²) in [6, 6.07) is 7.94. The van der Waals surface area contributed by atoms with Gasteiger partial charge in [-0.3, -0.25) is 0 Å². The number of aromatic nitrogens is 8. The van der Waals surface area contributed by atoms with Gasteiger partial charge in [-0.05, 0) is 58.0 Å². The topological polar surface area (TPSA) is 96.4 Å². The largest absolute Gasteiger partial charge is 0.486 e. The minimum absolute atomic E-state index is 0.355. The van der Waals surface area contributed by atoms with Gasteiger partial charge in [-0.25, -0.2) is 9.36 Å². The Bertz CT molecular complexity index is 716. The normalized spacial score (nSPS) is 14.3. The van der Waals surface area contributed by atoms with Gasteiger partial charge in [0.15, 0.2) is 5.82 Å². The lowest BCUT2D eigenvalue weighted by atomic mass is 10.3. The van der Waals surface area contributed by atoms with Gasteiger partial charge >= 0.3 is 0 Å². The van der Waals surface area contributed by atoms with Gasteiger partial charge in [0, 0.05) is 0 Å². The average Bonchev–Trinajstić information content (AvgIpc) is 3.04. The van der Waals surface area contributed by atoms with E-state index >= 15 is 0 Å². The summed E-state index contributed by atoms with van der Waals surface area (Å²) in [5.74, 6) is 1.50. The lowest BCUT2D eigenvalue weighted by molar-refractivity contribution is 0.286. The SMILES string of the molecule is c1cc(-n2cnnn2)ccc1OCc1nnnn1C1CC1. The molecule has 0 atom stereocenters. The summed E-state index contributed by atoms with van der Waals surface area (Å²) in [5.41, 5.74) is 0.871. The molecule has 0 unspecified atom stereocenters. The maximum absolute atomic E-state index is 5.72. The third kappa shape index (κ3) is 2.45. The van der Waals surface area contributed by atoms with Crippen molar-refractivity contribution in [3.05, 3.63) is 36.4 Å². The number of hydrogen-bond acceptors (Lipinski definition) is 7. The summed E-state index contributed by atoms with van der Waals surface area (Å²) in [6.07, 6.45) is 3.82. The van der Waals surface area contributed by atoms with Gasteiger partial charge in [0.1, 0.15) is 18.7 Å². The van der Waals surface area contributed by atoms with E-state index in [-0.39, 0.29) is 0 Å². The van der Waals surface area contributed by atoms with Crippen LogP contribution in [0.4, 0.5) is 0 Å². The highest BCUT2D eigenvalue weighted by Gasteiger charge is 2.27. The Hall–Kier alpha value is -2.84. The van der Waals surface area contributed by atoms with Crippen molar-refractivity contribution in [1.29, 1.82) is 0 Å². The molecular weight excluding hydrogens is 272 g/mol. The molecule has 0 bridgehead atoms. The van der Waals surface area contributed by atoms with E-state index < -0.39 is 0 Å². The fraction of sp³-hybridized carbons (Fsp3) is 0.333. The summed E-state index contributed by atoms with van der Waals surface area (Å²) < 4.78 is 9.14. The van der Waals surface area contributed by atoms with Crippen LogP contribution in [0.1, 0.15) is 24.7 Å². The van der Waals surface area contributed by atoms with E-state index in [1.54, 1.807) is 11.0 Å². The van der Waals surface area contributed by atoms with Crippen LogP contribution in [0, 0.1) is 0 Å². The Balaban J connectivity index is 1.44. The Morgan fingerprint density at radius 1 is 1.10 bits per heavy atom. The number of ether oxygens (including phenoxy) is 1. The van der Waals surface area contributed by atoms with Crippen LogP contribution in [0.25, 0.3) is 5.69 Å². The van der Waals surface area contributed by atoms with E-state index in [0.29, 0.717) is 12.6 Å². The maximum Gasteiger partial charge on any atom is 0.189 e. The second-order valence-electron chi connectivity index (χ2n) is 4.81. The Morgan fingerprint density at radius 3 is 2.67 bits per heavy atom. The standard InChI is InChI=1S/C12H12N8O/c1-2-10(1)20-12(14-16-18-20)7-21-11-5-3-9(4-6-11)19-8-13-15-17-19/h3-6,8,10H,1-2,7H2. The van der Waals surface area contributed by atoms with Gasteiger partial charge in [0.05, 0.1) is 11.7 Å². The number of tetrazole rings is 2. The zero-order valence-corrected chi connectivity index (χ0v) is 11.1. The fourth-order valence-electron chi connectivity index (χ4n) is 2.03. The zero-order chi connectivity index (χ0) is 14.1. The Kier molecular flexibility index (Phi) is 2.80. The first kappa shape index (κ1) is 11.9. The molecule has 2 heterocycles. The molecule has 4 rings (SSSR count). The number of nitrogens with zero attached hydrogens (tertiary/aromatic N) is 8. The summed E-state index contributed by atoms with van der Waals surface area (Å²) >= 11 is 0.